The van der Waals surface area contributed by atoms with Crippen LogP contribution in [0.15, 0.2) is 42.2 Å². The van der Waals surface area contributed by atoms with Gasteiger partial charge in [0.25, 0.3) is 0 Å². The molecular weight excluding hydrogens is 290 g/mol. The van der Waals surface area contributed by atoms with Gasteiger partial charge in [-0.25, -0.2) is 4.39 Å². The minimum absolute atomic E-state index is 0.130. The lowest BCUT2D eigenvalue weighted by Crippen LogP contribution is -2.21. The van der Waals surface area contributed by atoms with Crippen LogP contribution in [0.2, 0.25) is 0 Å². The Morgan fingerprint density at radius 3 is 2.62 bits per heavy atom. The topological polar surface area (TPSA) is 52.5 Å². The van der Waals surface area contributed by atoms with Gasteiger partial charge >= 0.3 is 6.18 Å². The molecular formula is C14H15F4NO2. The molecule has 0 saturated carbocycles. The van der Waals surface area contributed by atoms with Crippen molar-refractivity contribution in [3.63, 3.8) is 0 Å². The Labute approximate surface area is 119 Å². The minimum atomic E-state index is -4.83. The van der Waals surface area contributed by atoms with Gasteiger partial charge in [-0.05, 0) is 25.1 Å². The van der Waals surface area contributed by atoms with Crippen LogP contribution in [0.4, 0.5) is 23.2 Å². The first-order valence-electron chi connectivity index (χ1n) is 6.00. The van der Waals surface area contributed by atoms with E-state index >= 15 is 0 Å². The molecule has 0 heterocycles. The molecule has 0 aliphatic heterocycles. The predicted octanol–water partition coefficient (Wildman–Crippen LogP) is 3.85. The van der Waals surface area contributed by atoms with E-state index in [2.05, 4.69) is 5.32 Å². The van der Waals surface area contributed by atoms with Gasteiger partial charge in [-0.2, -0.15) is 13.2 Å². The van der Waals surface area contributed by atoms with Crippen molar-refractivity contribution in [1.29, 1.82) is 0 Å². The quantitative estimate of drug-likeness (QED) is 0.440. The molecule has 1 unspecified atom stereocenters. The van der Waals surface area contributed by atoms with Crippen molar-refractivity contribution in [2.24, 2.45) is 0 Å². The molecule has 0 saturated heterocycles. The van der Waals surface area contributed by atoms with Gasteiger partial charge in [-0.15, -0.1) is 0 Å². The van der Waals surface area contributed by atoms with E-state index in [1.807, 2.05) is 0 Å². The van der Waals surface area contributed by atoms with Crippen molar-refractivity contribution in [3.05, 3.63) is 53.6 Å². The zero-order chi connectivity index (χ0) is 16.0. The fraction of sp³-hybridized carbons (Fsp3) is 0.286. The lowest BCUT2D eigenvalue weighted by molar-refractivity contribution is -0.206. The highest BCUT2D eigenvalue weighted by atomic mass is 19.4. The second kappa shape index (κ2) is 7.12. The Kier molecular flexibility index (Phi) is 5.78. The predicted molar refractivity (Wildman–Crippen MR) is 71.4 cm³/mol. The number of hydrogen-bond donors (Lipinski definition) is 3. The molecule has 0 aromatic heterocycles. The molecule has 0 amide bonds. The average Bonchev–Trinajstić information content (AvgIpc) is 2.41. The van der Waals surface area contributed by atoms with E-state index in [-0.39, 0.29) is 12.2 Å². The number of alkyl halides is 3. The molecule has 0 bridgehead atoms. The second-order valence-electron chi connectivity index (χ2n) is 4.38. The monoisotopic (exact) mass is 305 g/mol. The van der Waals surface area contributed by atoms with Gasteiger partial charge < -0.3 is 15.5 Å². The molecule has 1 aromatic rings. The first-order valence-corrected chi connectivity index (χ1v) is 6.00. The zero-order valence-corrected chi connectivity index (χ0v) is 11.2. The van der Waals surface area contributed by atoms with E-state index in [9.17, 15) is 22.7 Å². The first kappa shape index (κ1) is 17.0. The van der Waals surface area contributed by atoms with Crippen LogP contribution in [0.25, 0.3) is 0 Å². The van der Waals surface area contributed by atoms with Crippen molar-refractivity contribution in [2.45, 2.75) is 19.2 Å². The number of hydrogen-bond acceptors (Lipinski definition) is 3. The van der Waals surface area contributed by atoms with Crippen molar-refractivity contribution < 1.29 is 27.8 Å². The third kappa shape index (κ3) is 5.11. The summed E-state index contributed by atoms with van der Waals surface area (Å²) in [6.07, 6.45) is -3.84. The van der Waals surface area contributed by atoms with Gasteiger partial charge in [-0.1, -0.05) is 17.7 Å². The molecule has 7 heteroatoms. The maximum Gasteiger partial charge on any atom is 0.418 e. The van der Waals surface area contributed by atoms with Gasteiger partial charge in [0, 0.05) is 17.8 Å². The summed E-state index contributed by atoms with van der Waals surface area (Å²) < 4.78 is 50.9. The Hall–Kier alpha value is -2.02. The van der Waals surface area contributed by atoms with Crippen LogP contribution < -0.4 is 5.32 Å². The number of nitrogens with one attached hydrogen (secondary N) is 1. The lowest BCUT2D eigenvalue weighted by Gasteiger charge is -2.19. The van der Waals surface area contributed by atoms with Crippen molar-refractivity contribution >= 4 is 5.69 Å². The molecule has 21 heavy (non-hydrogen) atoms. The normalized spacial score (nSPS) is 14.5. The van der Waals surface area contributed by atoms with Crippen LogP contribution in [0.3, 0.4) is 0 Å². The number of anilines is 1. The summed E-state index contributed by atoms with van der Waals surface area (Å²) in [6, 6.07) is 2.63. The standard InChI is InChI=1S/C14H15F4NO2/c1-9(3-2-6-20)8-19-12-7-10(15)4-5-11(12)13(21)14(16,17)18/h2-7,13,19-21H,8H2,1H3/b6-2-,9-3+. The number of benzene rings is 1. The Balaban J connectivity index is 2.98. The molecule has 1 rings (SSSR count). The van der Waals surface area contributed by atoms with Crippen LogP contribution in [-0.4, -0.2) is 22.9 Å². The molecule has 3 N–H and O–H groups in total. The highest BCUT2D eigenvalue weighted by Gasteiger charge is 2.40. The summed E-state index contributed by atoms with van der Waals surface area (Å²) in [5, 5.41) is 20.4. The highest BCUT2D eigenvalue weighted by Crippen LogP contribution is 2.36. The maximum absolute atomic E-state index is 13.2. The molecule has 0 aliphatic rings. The summed E-state index contributed by atoms with van der Waals surface area (Å²) in [5.74, 6) is -0.715. The molecule has 0 spiro atoms. The van der Waals surface area contributed by atoms with Gasteiger partial charge in [-0.3, -0.25) is 0 Å². The number of allylic oxidation sites excluding steroid dienone is 2. The molecule has 1 atom stereocenters. The van der Waals surface area contributed by atoms with Crippen LogP contribution in [0, 0.1) is 5.82 Å². The van der Waals surface area contributed by atoms with Gasteiger partial charge in [0.05, 0.1) is 6.26 Å². The Morgan fingerprint density at radius 2 is 2.05 bits per heavy atom. The van der Waals surface area contributed by atoms with Crippen molar-refractivity contribution in [3.8, 4) is 0 Å². The Bertz CT molecular complexity index is 538. The summed E-state index contributed by atoms with van der Waals surface area (Å²) in [4.78, 5) is 0. The van der Waals surface area contributed by atoms with Crippen LogP contribution >= 0.6 is 0 Å². The van der Waals surface area contributed by atoms with E-state index in [0.29, 0.717) is 5.57 Å². The van der Waals surface area contributed by atoms with E-state index in [1.165, 1.54) is 12.2 Å². The van der Waals surface area contributed by atoms with Gasteiger partial charge in [0.15, 0.2) is 6.10 Å². The smallest absolute Gasteiger partial charge is 0.418 e. The average molecular weight is 305 g/mol. The van der Waals surface area contributed by atoms with Crippen molar-refractivity contribution in [2.75, 3.05) is 11.9 Å². The third-order valence-electron chi connectivity index (χ3n) is 2.64. The molecule has 0 radical (unpaired) electrons. The first-order chi connectivity index (χ1) is 9.75. The largest absolute Gasteiger partial charge is 0.516 e. The molecule has 1 aromatic carbocycles. The minimum Gasteiger partial charge on any atom is -0.516 e. The summed E-state index contributed by atoms with van der Waals surface area (Å²) >= 11 is 0. The highest BCUT2D eigenvalue weighted by molar-refractivity contribution is 5.53. The SMILES string of the molecule is C/C(=C\C=C/O)CNc1cc(F)ccc1C(O)C(F)(F)F. The van der Waals surface area contributed by atoms with E-state index < -0.39 is 23.7 Å². The Morgan fingerprint density at radius 1 is 1.38 bits per heavy atom. The maximum atomic E-state index is 13.2. The van der Waals surface area contributed by atoms with Gasteiger partial charge in [0.1, 0.15) is 5.82 Å². The molecule has 3 nitrogen and oxygen atoms in total. The van der Waals surface area contributed by atoms with Crippen LogP contribution in [-0.2, 0) is 0 Å². The van der Waals surface area contributed by atoms with Crippen LogP contribution in [0.1, 0.15) is 18.6 Å². The zero-order valence-electron chi connectivity index (χ0n) is 11.2. The third-order valence-corrected chi connectivity index (χ3v) is 2.64. The number of aliphatic hydroxyl groups is 2. The van der Waals surface area contributed by atoms with Crippen molar-refractivity contribution in [1.82, 2.24) is 0 Å². The fourth-order valence-electron chi connectivity index (χ4n) is 1.60. The van der Waals surface area contributed by atoms with E-state index in [4.69, 9.17) is 5.11 Å². The summed E-state index contributed by atoms with van der Waals surface area (Å²) in [7, 11) is 0. The lowest BCUT2D eigenvalue weighted by atomic mass is 10.1. The van der Waals surface area contributed by atoms with Gasteiger partial charge in [0.2, 0.25) is 0 Å². The summed E-state index contributed by atoms with van der Waals surface area (Å²) in [5.41, 5.74) is 0.104. The molecule has 116 valence electrons. The number of aliphatic hydroxyl groups excluding tert-OH is 2. The van der Waals surface area contributed by atoms with Crippen LogP contribution in [0.5, 0.6) is 0 Å². The summed E-state index contributed by atoms with van der Waals surface area (Å²) in [6.45, 7) is 1.80. The second-order valence-corrected chi connectivity index (χ2v) is 4.38. The molecule has 0 aliphatic carbocycles. The number of halogens is 4. The number of rotatable bonds is 5. The van der Waals surface area contributed by atoms with E-state index in [0.717, 1.165) is 24.5 Å². The fourth-order valence-corrected chi connectivity index (χ4v) is 1.60. The molecule has 0 fully saturated rings. The van der Waals surface area contributed by atoms with E-state index in [1.54, 1.807) is 6.92 Å².